The molecule has 0 saturated heterocycles. The van der Waals surface area contributed by atoms with Gasteiger partial charge in [-0.25, -0.2) is 0 Å². The second-order valence-electron chi connectivity index (χ2n) is 3.38. The maximum absolute atomic E-state index is 5.95. The van der Waals surface area contributed by atoms with Crippen molar-refractivity contribution in [2.45, 2.75) is 18.9 Å². The van der Waals surface area contributed by atoms with Crippen LogP contribution in [0, 0.1) is 3.57 Å². The molecule has 0 aromatic heterocycles. The summed E-state index contributed by atoms with van der Waals surface area (Å²) in [4.78, 5) is 0. The fraction of sp³-hybridized carbons (Fsp3) is 0.273. The van der Waals surface area contributed by atoms with Crippen LogP contribution in [0.1, 0.15) is 12.8 Å². The molecule has 1 aliphatic carbocycles. The minimum Gasteiger partial charge on any atom is -0.487 e. The maximum Gasteiger partial charge on any atom is 0.147 e. The molecule has 15 heavy (non-hydrogen) atoms. The summed E-state index contributed by atoms with van der Waals surface area (Å²) in [5, 5.41) is 0. The molecule has 0 bridgehead atoms. The van der Waals surface area contributed by atoms with Crippen molar-refractivity contribution in [1.82, 2.24) is 0 Å². The van der Waals surface area contributed by atoms with Gasteiger partial charge in [0.05, 0.1) is 8.04 Å². The Labute approximate surface area is 120 Å². The van der Waals surface area contributed by atoms with Crippen molar-refractivity contribution in [1.29, 1.82) is 0 Å². The van der Waals surface area contributed by atoms with Gasteiger partial charge in [0.2, 0.25) is 0 Å². The van der Waals surface area contributed by atoms with Gasteiger partial charge in [-0.3, -0.25) is 0 Å². The van der Waals surface area contributed by atoms with Crippen molar-refractivity contribution in [3.05, 3.63) is 36.8 Å². The van der Waals surface area contributed by atoms with Gasteiger partial charge in [0.25, 0.3) is 0 Å². The summed E-state index contributed by atoms with van der Waals surface area (Å²) in [6.45, 7) is 0. The molecular formula is C11H9Br2IO. The Morgan fingerprint density at radius 1 is 1.20 bits per heavy atom. The summed E-state index contributed by atoms with van der Waals surface area (Å²) < 4.78 is 9.15. The van der Waals surface area contributed by atoms with Crippen molar-refractivity contribution < 1.29 is 4.74 Å². The second-order valence-corrected chi connectivity index (χ2v) is 6.31. The van der Waals surface area contributed by atoms with Crippen LogP contribution < -0.4 is 4.74 Å². The highest BCUT2D eigenvalue weighted by Crippen LogP contribution is 2.35. The van der Waals surface area contributed by atoms with Crippen molar-refractivity contribution >= 4 is 54.5 Å². The van der Waals surface area contributed by atoms with Gasteiger partial charge in [-0.2, -0.15) is 0 Å². The van der Waals surface area contributed by atoms with Gasteiger partial charge >= 0.3 is 0 Å². The van der Waals surface area contributed by atoms with Crippen LogP contribution in [0.3, 0.4) is 0 Å². The van der Waals surface area contributed by atoms with Crippen LogP contribution in [0.4, 0.5) is 0 Å². The van der Waals surface area contributed by atoms with Crippen LogP contribution in [-0.2, 0) is 0 Å². The third-order valence-corrected chi connectivity index (χ3v) is 4.06. The summed E-state index contributed by atoms with van der Waals surface area (Å²) in [5.74, 6) is 0.951. The Morgan fingerprint density at radius 2 is 1.87 bits per heavy atom. The number of halogens is 3. The van der Waals surface area contributed by atoms with E-state index in [4.69, 9.17) is 4.74 Å². The number of ether oxygens (including phenoxy) is 1. The molecule has 0 heterocycles. The molecule has 0 atom stereocenters. The highest BCUT2D eigenvalue weighted by Gasteiger charge is 2.16. The van der Waals surface area contributed by atoms with E-state index in [9.17, 15) is 0 Å². The van der Waals surface area contributed by atoms with E-state index in [1.54, 1.807) is 0 Å². The summed E-state index contributed by atoms with van der Waals surface area (Å²) in [6, 6.07) is 4.07. The second kappa shape index (κ2) is 5.19. The summed E-state index contributed by atoms with van der Waals surface area (Å²) >= 11 is 9.27. The van der Waals surface area contributed by atoms with E-state index >= 15 is 0 Å². The Balaban J connectivity index is 2.20. The van der Waals surface area contributed by atoms with Crippen molar-refractivity contribution in [2.24, 2.45) is 0 Å². The number of rotatable bonds is 2. The lowest BCUT2D eigenvalue weighted by Gasteiger charge is -2.16. The minimum atomic E-state index is 0.302. The molecule has 80 valence electrons. The van der Waals surface area contributed by atoms with Crippen molar-refractivity contribution in [2.75, 3.05) is 0 Å². The molecule has 1 aliphatic rings. The Morgan fingerprint density at radius 3 is 2.47 bits per heavy atom. The number of benzene rings is 1. The van der Waals surface area contributed by atoms with Crippen LogP contribution in [0.5, 0.6) is 5.75 Å². The Hall–Kier alpha value is 0.450. The number of hydrogen-bond donors (Lipinski definition) is 0. The van der Waals surface area contributed by atoms with Crippen LogP contribution in [0.25, 0.3) is 0 Å². The average Bonchev–Trinajstić information content (AvgIpc) is 2.63. The van der Waals surface area contributed by atoms with Gasteiger partial charge in [-0.15, -0.1) is 0 Å². The smallest absolute Gasteiger partial charge is 0.147 e. The van der Waals surface area contributed by atoms with Crippen LogP contribution >= 0.6 is 54.5 Å². The van der Waals surface area contributed by atoms with Gasteiger partial charge < -0.3 is 4.74 Å². The molecule has 2 rings (SSSR count). The lowest BCUT2D eigenvalue weighted by atomic mass is 10.3. The van der Waals surface area contributed by atoms with Crippen molar-refractivity contribution in [3.63, 3.8) is 0 Å². The Bertz CT molecular complexity index is 373. The first kappa shape index (κ1) is 11.9. The molecule has 0 radical (unpaired) electrons. The van der Waals surface area contributed by atoms with Gasteiger partial charge in [0, 0.05) is 17.3 Å². The van der Waals surface area contributed by atoms with E-state index in [-0.39, 0.29) is 0 Å². The minimum absolute atomic E-state index is 0.302. The largest absolute Gasteiger partial charge is 0.487 e. The molecule has 0 aliphatic heterocycles. The highest BCUT2D eigenvalue weighted by atomic mass is 127. The van der Waals surface area contributed by atoms with E-state index < -0.39 is 0 Å². The van der Waals surface area contributed by atoms with E-state index in [1.165, 1.54) is 0 Å². The topological polar surface area (TPSA) is 9.23 Å². The summed E-state index contributed by atoms with van der Waals surface area (Å²) in [7, 11) is 0. The predicted molar refractivity (Wildman–Crippen MR) is 77.3 cm³/mol. The van der Waals surface area contributed by atoms with Gasteiger partial charge in [0.1, 0.15) is 11.9 Å². The molecule has 1 aromatic carbocycles. The summed E-state index contributed by atoms with van der Waals surface area (Å²) in [5.41, 5.74) is 0. The molecule has 0 N–H and O–H groups in total. The molecule has 0 unspecified atom stereocenters. The molecule has 1 aromatic rings. The first-order valence-electron chi connectivity index (χ1n) is 4.63. The third kappa shape index (κ3) is 2.97. The molecule has 1 nitrogen and oxygen atoms in total. The van der Waals surface area contributed by atoms with Crippen LogP contribution in [-0.4, -0.2) is 6.10 Å². The average molecular weight is 444 g/mol. The lowest BCUT2D eigenvalue weighted by molar-refractivity contribution is 0.213. The third-order valence-electron chi connectivity index (χ3n) is 2.21. The molecule has 4 heteroatoms. The fourth-order valence-electron chi connectivity index (χ4n) is 1.50. The van der Waals surface area contributed by atoms with E-state index in [1.807, 2.05) is 6.07 Å². The molecule has 0 spiro atoms. The zero-order valence-electron chi connectivity index (χ0n) is 7.84. The standard InChI is InChI=1S/C11H9Br2IO/c12-7-5-9(13)11(10(14)6-7)15-8-3-1-2-4-8/h1-2,5-6,8H,3-4H2. The quantitative estimate of drug-likeness (QED) is 0.466. The van der Waals surface area contributed by atoms with E-state index in [0.717, 1.165) is 31.1 Å². The lowest BCUT2D eigenvalue weighted by Crippen LogP contribution is -2.12. The maximum atomic E-state index is 5.95. The van der Waals surface area contributed by atoms with Crippen LogP contribution in [0.15, 0.2) is 33.2 Å². The highest BCUT2D eigenvalue weighted by molar-refractivity contribution is 14.1. The van der Waals surface area contributed by atoms with E-state index in [2.05, 4.69) is 72.7 Å². The first-order valence-corrected chi connectivity index (χ1v) is 7.29. The van der Waals surface area contributed by atoms with E-state index in [0.29, 0.717) is 6.10 Å². The SMILES string of the molecule is Brc1cc(Br)c(OC2CC=CC2)c(I)c1. The molecule has 0 fully saturated rings. The monoisotopic (exact) mass is 442 g/mol. The molecule has 0 saturated carbocycles. The Kier molecular flexibility index (Phi) is 4.12. The van der Waals surface area contributed by atoms with Crippen LogP contribution in [0.2, 0.25) is 0 Å². The summed E-state index contributed by atoms with van der Waals surface area (Å²) in [6.07, 6.45) is 6.67. The number of hydrogen-bond acceptors (Lipinski definition) is 1. The van der Waals surface area contributed by atoms with Crippen molar-refractivity contribution in [3.8, 4) is 5.75 Å². The zero-order valence-corrected chi connectivity index (χ0v) is 13.2. The molecule has 0 amide bonds. The van der Waals surface area contributed by atoms with Gasteiger partial charge in [-0.05, 0) is 50.7 Å². The molecular weight excluding hydrogens is 435 g/mol. The zero-order chi connectivity index (χ0) is 10.8. The van der Waals surface area contributed by atoms with Gasteiger partial charge in [0.15, 0.2) is 0 Å². The van der Waals surface area contributed by atoms with Gasteiger partial charge in [-0.1, -0.05) is 28.1 Å². The predicted octanol–water partition coefficient (Wildman–Crippen LogP) is 4.91. The normalized spacial score (nSPS) is 15.9. The first-order chi connectivity index (χ1) is 7.16. The fourth-order valence-corrected chi connectivity index (χ4v) is 4.37.